The number of aromatic nitrogens is 2. The van der Waals surface area contributed by atoms with E-state index in [1.165, 1.54) is 0 Å². The second kappa shape index (κ2) is 6.93. The summed E-state index contributed by atoms with van der Waals surface area (Å²) in [4.78, 5) is 21.9. The molecule has 0 saturated heterocycles. The number of carbonyl (C=O) groups is 1. The minimum atomic E-state index is -0.433. The summed E-state index contributed by atoms with van der Waals surface area (Å²) >= 11 is 3.24. The Morgan fingerprint density at radius 2 is 2.00 bits per heavy atom. The van der Waals surface area contributed by atoms with E-state index < -0.39 is 5.91 Å². The van der Waals surface area contributed by atoms with Crippen molar-refractivity contribution in [2.24, 2.45) is 5.73 Å². The first kappa shape index (κ1) is 17.6. The number of benzene rings is 1. The van der Waals surface area contributed by atoms with Crippen LogP contribution in [0.5, 0.6) is 5.75 Å². The van der Waals surface area contributed by atoms with Crippen molar-refractivity contribution in [3.05, 3.63) is 49.9 Å². The van der Waals surface area contributed by atoms with Crippen LogP contribution in [0, 0.1) is 20.8 Å². The van der Waals surface area contributed by atoms with Gasteiger partial charge < -0.3 is 10.5 Å². The van der Waals surface area contributed by atoms with Crippen molar-refractivity contribution in [1.29, 1.82) is 0 Å². The number of nitrogens with zero attached hydrogens (tertiary/aromatic N) is 2. The van der Waals surface area contributed by atoms with Gasteiger partial charge in [0.05, 0.1) is 33.4 Å². The van der Waals surface area contributed by atoms with Gasteiger partial charge in [-0.25, -0.2) is 9.97 Å². The first-order valence-corrected chi connectivity index (χ1v) is 9.44. The molecule has 3 aromatic rings. The molecule has 2 N–H and O–H groups in total. The van der Waals surface area contributed by atoms with Gasteiger partial charge in [0.25, 0.3) is 0 Å². The van der Waals surface area contributed by atoms with Crippen LogP contribution in [0.1, 0.15) is 37.2 Å². The molecule has 0 aliphatic heterocycles. The third-order valence-electron chi connectivity index (χ3n) is 3.92. The Hall–Kier alpha value is -2.25. The van der Waals surface area contributed by atoms with Gasteiger partial charge in [0, 0.05) is 22.9 Å². The lowest BCUT2D eigenvalue weighted by molar-refractivity contribution is 0.0999. The van der Waals surface area contributed by atoms with Crippen LogP contribution in [0.4, 0.5) is 0 Å². The highest BCUT2D eigenvalue weighted by Gasteiger charge is 2.15. The number of hydrogen-bond donors (Lipinski definition) is 1. The van der Waals surface area contributed by atoms with Crippen LogP contribution in [0.25, 0.3) is 10.6 Å². The number of hydrogen-bond acceptors (Lipinski definition) is 6. The molecule has 130 valence electrons. The summed E-state index contributed by atoms with van der Waals surface area (Å²) in [6.07, 6.45) is 0.589. The molecule has 1 aromatic carbocycles. The van der Waals surface area contributed by atoms with E-state index in [-0.39, 0.29) is 0 Å². The summed E-state index contributed by atoms with van der Waals surface area (Å²) in [5.74, 6) is 0.307. The molecule has 2 aromatic heterocycles. The molecule has 0 spiro atoms. The van der Waals surface area contributed by atoms with Crippen LogP contribution in [0.3, 0.4) is 0 Å². The molecule has 2 heterocycles. The molecule has 0 aliphatic carbocycles. The van der Waals surface area contributed by atoms with Crippen LogP contribution in [-0.2, 0) is 6.42 Å². The van der Waals surface area contributed by atoms with Crippen molar-refractivity contribution in [1.82, 2.24) is 9.97 Å². The highest BCUT2D eigenvalue weighted by atomic mass is 32.1. The molecule has 1 amide bonds. The van der Waals surface area contributed by atoms with Crippen LogP contribution >= 0.6 is 22.7 Å². The molecule has 0 unspecified atom stereocenters. The molecule has 0 bridgehead atoms. The van der Waals surface area contributed by atoms with Crippen LogP contribution in [-0.4, -0.2) is 23.0 Å². The maximum absolute atomic E-state index is 11.6. The molecule has 0 fully saturated rings. The lowest BCUT2D eigenvalue weighted by atomic mass is 10.0. The number of methoxy groups -OCH3 is 1. The summed E-state index contributed by atoms with van der Waals surface area (Å²) in [6.45, 7) is 5.85. The summed E-state index contributed by atoms with van der Waals surface area (Å²) in [7, 11) is 1.62. The van der Waals surface area contributed by atoms with Crippen molar-refractivity contribution in [2.45, 2.75) is 27.2 Å². The number of rotatable bonds is 5. The van der Waals surface area contributed by atoms with E-state index in [1.54, 1.807) is 35.8 Å². The Labute approximate surface area is 154 Å². The number of nitrogens with two attached hydrogens (primary N) is 1. The van der Waals surface area contributed by atoms with E-state index in [1.807, 2.05) is 32.2 Å². The Morgan fingerprint density at radius 3 is 2.60 bits per heavy atom. The molecule has 0 atom stereocenters. The fourth-order valence-electron chi connectivity index (χ4n) is 2.75. The lowest BCUT2D eigenvalue weighted by Crippen LogP contribution is -2.13. The van der Waals surface area contributed by atoms with Crippen LogP contribution < -0.4 is 10.5 Å². The van der Waals surface area contributed by atoms with Gasteiger partial charge in [-0.1, -0.05) is 0 Å². The predicted octanol–water partition coefficient (Wildman–Crippen LogP) is 3.89. The maximum atomic E-state index is 11.6. The fraction of sp³-hybridized carbons (Fsp3) is 0.278. The zero-order chi connectivity index (χ0) is 18.1. The quantitative estimate of drug-likeness (QED) is 0.736. The second-order valence-electron chi connectivity index (χ2n) is 5.79. The summed E-state index contributed by atoms with van der Waals surface area (Å²) in [5.41, 5.74) is 9.65. The van der Waals surface area contributed by atoms with Crippen molar-refractivity contribution >= 4 is 28.6 Å². The molecule has 0 radical (unpaired) electrons. The summed E-state index contributed by atoms with van der Waals surface area (Å²) < 4.78 is 5.46. The zero-order valence-corrected chi connectivity index (χ0v) is 16.2. The molecule has 0 aliphatic rings. The van der Waals surface area contributed by atoms with Crippen molar-refractivity contribution < 1.29 is 9.53 Å². The van der Waals surface area contributed by atoms with Crippen LogP contribution in [0.15, 0.2) is 17.5 Å². The number of thiazole rings is 2. The third kappa shape index (κ3) is 3.57. The first-order chi connectivity index (χ1) is 11.9. The number of amides is 1. The zero-order valence-electron chi connectivity index (χ0n) is 14.5. The topological polar surface area (TPSA) is 78.1 Å². The second-order valence-corrected chi connectivity index (χ2v) is 7.94. The molecule has 0 saturated carbocycles. The largest absolute Gasteiger partial charge is 0.496 e. The van der Waals surface area contributed by atoms with Gasteiger partial charge in [-0.15, -0.1) is 22.7 Å². The normalized spacial score (nSPS) is 10.9. The molecule has 5 nitrogen and oxygen atoms in total. The summed E-state index contributed by atoms with van der Waals surface area (Å²) in [5, 5.41) is 4.04. The number of ether oxygens (including phenoxy) is 1. The molecule has 7 heteroatoms. The Balaban J connectivity index is 1.94. The summed E-state index contributed by atoms with van der Waals surface area (Å²) in [6, 6.07) is 3.65. The monoisotopic (exact) mass is 373 g/mol. The molecule has 3 rings (SSSR count). The number of carbonyl (C=O) groups excluding carboxylic acids is 1. The number of primary amides is 1. The first-order valence-electron chi connectivity index (χ1n) is 7.75. The SMILES string of the molecule is COc1cc(C)c(C(N)=O)cc1Cc1nc(-c2sc(C)nc2C)cs1. The Bertz CT molecular complexity index is 944. The minimum Gasteiger partial charge on any atom is -0.496 e. The number of aryl methyl sites for hydroxylation is 3. The average molecular weight is 374 g/mol. The van der Waals surface area contributed by atoms with Crippen molar-refractivity contribution in [2.75, 3.05) is 7.11 Å². The Morgan fingerprint density at radius 1 is 1.24 bits per heavy atom. The van der Waals surface area contributed by atoms with E-state index in [2.05, 4.69) is 4.98 Å². The van der Waals surface area contributed by atoms with Crippen LogP contribution in [0.2, 0.25) is 0 Å². The third-order valence-corrected chi connectivity index (χ3v) is 5.87. The standard InChI is InChI=1S/C18H19N3O2S2/c1-9-5-15(23-4)12(6-13(9)18(19)22)7-16-21-14(8-24-16)17-10(2)20-11(3)25-17/h5-6,8H,7H2,1-4H3,(H2,19,22). The van der Waals surface area contributed by atoms with Gasteiger partial charge in [-0.3, -0.25) is 4.79 Å². The molecular formula is C18H19N3O2S2. The smallest absolute Gasteiger partial charge is 0.248 e. The van der Waals surface area contributed by atoms with E-state index in [9.17, 15) is 4.79 Å². The van der Waals surface area contributed by atoms with Gasteiger partial charge in [0.15, 0.2) is 0 Å². The highest BCUT2D eigenvalue weighted by molar-refractivity contribution is 7.15. The van der Waals surface area contributed by atoms with E-state index in [0.29, 0.717) is 12.0 Å². The van der Waals surface area contributed by atoms with Gasteiger partial charge in [0.2, 0.25) is 5.91 Å². The van der Waals surface area contributed by atoms with E-state index in [4.69, 9.17) is 15.5 Å². The van der Waals surface area contributed by atoms with Crippen molar-refractivity contribution in [3.8, 4) is 16.3 Å². The van der Waals surface area contributed by atoms with Gasteiger partial charge in [-0.05, 0) is 38.5 Å². The van der Waals surface area contributed by atoms with E-state index >= 15 is 0 Å². The lowest BCUT2D eigenvalue weighted by Gasteiger charge is -2.11. The van der Waals surface area contributed by atoms with Gasteiger partial charge in [-0.2, -0.15) is 0 Å². The predicted molar refractivity (Wildman–Crippen MR) is 102 cm³/mol. The Kier molecular flexibility index (Phi) is 4.87. The maximum Gasteiger partial charge on any atom is 0.248 e. The molecule has 25 heavy (non-hydrogen) atoms. The van der Waals surface area contributed by atoms with Gasteiger partial charge in [0.1, 0.15) is 5.75 Å². The fourth-order valence-corrected chi connectivity index (χ4v) is 4.51. The van der Waals surface area contributed by atoms with Gasteiger partial charge >= 0.3 is 0 Å². The highest BCUT2D eigenvalue weighted by Crippen LogP contribution is 2.32. The van der Waals surface area contributed by atoms with Crippen molar-refractivity contribution in [3.63, 3.8) is 0 Å². The van der Waals surface area contributed by atoms with E-state index in [0.717, 1.165) is 43.2 Å². The average Bonchev–Trinajstić information content (AvgIpc) is 3.14. The minimum absolute atomic E-state index is 0.433. The molecular weight excluding hydrogens is 354 g/mol.